The Bertz CT molecular complexity index is 678. The van der Waals surface area contributed by atoms with E-state index >= 15 is 0 Å². The van der Waals surface area contributed by atoms with E-state index in [-0.39, 0.29) is 23.4 Å². The highest BCUT2D eigenvalue weighted by molar-refractivity contribution is 7.89. The Labute approximate surface area is 120 Å². The molecule has 112 valence electrons. The van der Waals surface area contributed by atoms with Crippen LogP contribution in [-0.4, -0.2) is 36.4 Å². The zero-order valence-electron chi connectivity index (χ0n) is 10.7. The Kier molecular flexibility index (Phi) is 5.34. The van der Waals surface area contributed by atoms with Gasteiger partial charge in [0.25, 0.3) is 0 Å². The largest absolute Gasteiger partial charge is 0.480 e. The van der Waals surface area contributed by atoms with Gasteiger partial charge in [0.05, 0.1) is 0 Å². The van der Waals surface area contributed by atoms with Crippen molar-refractivity contribution >= 4 is 21.9 Å². The molecule has 0 aliphatic heterocycles. The molecule has 0 fully saturated rings. The number of amides is 1. The number of carbonyl (C=O) groups is 2. The van der Waals surface area contributed by atoms with E-state index in [4.69, 9.17) is 16.1 Å². The lowest BCUT2D eigenvalue weighted by Crippen LogP contribution is -2.41. The third-order valence-electron chi connectivity index (χ3n) is 2.44. The van der Waals surface area contributed by atoms with E-state index in [1.54, 1.807) is 6.07 Å². The van der Waals surface area contributed by atoms with Crippen LogP contribution < -0.4 is 10.5 Å². The number of hydrogen-bond donors (Lipinski definition) is 3. The minimum Gasteiger partial charge on any atom is -0.480 e. The third-order valence-corrected chi connectivity index (χ3v) is 3.89. The van der Waals surface area contributed by atoms with Crippen LogP contribution >= 0.6 is 0 Å². The van der Waals surface area contributed by atoms with Crippen molar-refractivity contribution in [3.8, 4) is 6.07 Å². The summed E-state index contributed by atoms with van der Waals surface area (Å²) in [5.41, 5.74) is 4.92. The molecule has 1 aromatic heterocycles. The van der Waals surface area contributed by atoms with Crippen LogP contribution in [0.25, 0.3) is 0 Å². The highest BCUT2D eigenvalue weighted by Crippen LogP contribution is 2.10. The smallest absolute Gasteiger partial charge is 0.321 e. The molecule has 10 heteroatoms. The lowest BCUT2D eigenvalue weighted by atomic mass is 10.2. The molecule has 1 heterocycles. The van der Waals surface area contributed by atoms with Gasteiger partial charge in [-0.25, -0.2) is 13.4 Å². The van der Waals surface area contributed by atoms with Crippen molar-refractivity contribution < 1.29 is 23.1 Å². The van der Waals surface area contributed by atoms with Crippen molar-refractivity contribution in [2.24, 2.45) is 5.73 Å². The Morgan fingerprint density at radius 2 is 2.14 bits per heavy atom. The van der Waals surface area contributed by atoms with Gasteiger partial charge >= 0.3 is 5.97 Å². The van der Waals surface area contributed by atoms with Gasteiger partial charge in [-0.2, -0.15) is 9.98 Å². The number of aliphatic carboxylic acids is 1. The first kappa shape index (κ1) is 16.5. The standard InChI is InChI=1S/C11H12N4O5S/c12-5-7-1-2-8(6-14-7)21(19,20)15-9(11(17)18)3-4-10(13)16/h1-2,6,9,15H,3-4H2,(H2,13,16)(H,17,18). The predicted octanol–water partition coefficient (Wildman–Crippen LogP) is -1.05. The second kappa shape index (κ2) is 6.78. The fraction of sp³-hybridized carbons (Fsp3) is 0.273. The molecular weight excluding hydrogens is 300 g/mol. The molecule has 0 aliphatic rings. The molecule has 21 heavy (non-hydrogen) atoms. The van der Waals surface area contributed by atoms with E-state index in [0.29, 0.717) is 0 Å². The molecule has 0 bridgehead atoms. The number of nitriles is 1. The molecule has 9 nitrogen and oxygen atoms in total. The minimum absolute atomic E-state index is 0.0254. The summed E-state index contributed by atoms with van der Waals surface area (Å²) in [6.45, 7) is 0. The number of carboxylic acid groups (broad SMARTS) is 1. The highest BCUT2D eigenvalue weighted by Gasteiger charge is 2.25. The van der Waals surface area contributed by atoms with E-state index in [1.165, 1.54) is 6.07 Å². The maximum Gasteiger partial charge on any atom is 0.321 e. The SMILES string of the molecule is N#Cc1ccc(S(=O)(=O)NC(CCC(N)=O)C(=O)O)cn1. The number of rotatable bonds is 7. The van der Waals surface area contributed by atoms with Crippen molar-refractivity contribution in [1.82, 2.24) is 9.71 Å². The van der Waals surface area contributed by atoms with Gasteiger partial charge in [0.15, 0.2) is 0 Å². The van der Waals surface area contributed by atoms with Crippen LogP contribution in [0.4, 0.5) is 0 Å². The number of sulfonamides is 1. The van der Waals surface area contributed by atoms with Crippen LogP contribution in [-0.2, 0) is 19.6 Å². The van der Waals surface area contributed by atoms with Gasteiger partial charge < -0.3 is 10.8 Å². The fourth-order valence-electron chi connectivity index (χ4n) is 1.38. The normalized spacial score (nSPS) is 12.3. The van der Waals surface area contributed by atoms with Gasteiger partial charge in [-0.15, -0.1) is 0 Å². The maximum absolute atomic E-state index is 12.0. The minimum atomic E-state index is -4.13. The van der Waals surface area contributed by atoms with Gasteiger partial charge in [-0.05, 0) is 18.6 Å². The van der Waals surface area contributed by atoms with Crippen molar-refractivity contribution in [2.75, 3.05) is 0 Å². The van der Waals surface area contributed by atoms with E-state index in [9.17, 15) is 18.0 Å². The lowest BCUT2D eigenvalue weighted by Gasteiger charge is -2.13. The Morgan fingerprint density at radius 3 is 2.57 bits per heavy atom. The van der Waals surface area contributed by atoms with Gasteiger partial charge in [0.2, 0.25) is 15.9 Å². The number of primary amides is 1. The molecule has 1 amide bonds. The summed E-state index contributed by atoms with van der Waals surface area (Å²) in [6, 6.07) is 2.55. The second-order valence-corrected chi connectivity index (χ2v) is 5.72. The first-order valence-electron chi connectivity index (χ1n) is 5.66. The summed E-state index contributed by atoms with van der Waals surface area (Å²) in [5.74, 6) is -2.16. The van der Waals surface area contributed by atoms with E-state index < -0.39 is 27.9 Å². The predicted molar refractivity (Wildman–Crippen MR) is 69.1 cm³/mol. The average molecular weight is 312 g/mol. The molecule has 0 saturated heterocycles. The van der Waals surface area contributed by atoms with Crippen molar-refractivity contribution in [1.29, 1.82) is 5.26 Å². The molecule has 0 aromatic carbocycles. The number of nitrogens with zero attached hydrogens (tertiary/aromatic N) is 2. The number of carbonyl (C=O) groups excluding carboxylic acids is 1. The summed E-state index contributed by atoms with van der Waals surface area (Å²) in [6.07, 6.45) is 0.395. The molecule has 1 aromatic rings. The van der Waals surface area contributed by atoms with E-state index in [0.717, 1.165) is 12.3 Å². The highest BCUT2D eigenvalue weighted by atomic mass is 32.2. The molecular formula is C11H12N4O5S. The number of aromatic nitrogens is 1. The number of carboxylic acids is 1. The van der Waals surface area contributed by atoms with Crippen LogP contribution in [0.15, 0.2) is 23.2 Å². The zero-order valence-corrected chi connectivity index (χ0v) is 11.5. The Balaban J connectivity index is 2.92. The number of pyridine rings is 1. The van der Waals surface area contributed by atoms with Crippen molar-refractivity contribution in [3.63, 3.8) is 0 Å². The van der Waals surface area contributed by atoms with Crippen LogP contribution in [0, 0.1) is 11.3 Å². The molecule has 0 aliphatic carbocycles. The lowest BCUT2D eigenvalue weighted by molar-refractivity contribution is -0.139. The summed E-state index contributed by atoms with van der Waals surface area (Å²) < 4.78 is 25.9. The van der Waals surface area contributed by atoms with Gasteiger partial charge in [0.1, 0.15) is 22.7 Å². The van der Waals surface area contributed by atoms with Crippen molar-refractivity contribution in [2.45, 2.75) is 23.8 Å². The first-order valence-corrected chi connectivity index (χ1v) is 7.14. The zero-order chi connectivity index (χ0) is 16.0. The first-order chi connectivity index (χ1) is 9.76. The number of nitrogens with one attached hydrogen (secondary N) is 1. The van der Waals surface area contributed by atoms with Crippen LogP contribution in [0.1, 0.15) is 18.5 Å². The third kappa shape index (κ3) is 4.83. The topological polar surface area (TPSA) is 163 Å². The molecule has 0 saturated carbocycles. The number of nitrogens with two attached hydrogens (primary N) is 1. The molecule has 4 N–H and O–H groups in total. The molecule has 1 unspecified atom stereocenters. The maximum atomic E-state index is 12.0. The average Bonchev–Trinajstić information content (AvgIpc) is 2.43. The van der Waals surface area contributed by atoms with Gasteiger partial charge in [-0.1, -0.05) is 0 Å². The molecule has 1 atom stereocenters. The molecule has 1 rings (SSSR count). The van der Waals surface area contributed by atoms with E-state index in [2.05, 4.69) is 4.98 Å². The Morgan fingerprint density at radius 1 is 1.48 bits per heavy atom. The second-order valence-electron chi connectivity index (χ2n) is 4.01. The summed E-state index contributed by atoms with van der Waals surface area (Å²) in [4.78, 5) is 24.9. The monoisotopic (exact) mass is 312 g/mol. The molecule has 0 radical (unpaired) electrons. The Hall–Kier alpha value is -2.51. The van der Waals surface area contributed by atoms with Crippen molar-refractivity contribution in [3.05, 3.63) is 24.0 Å². The van der Waals surface area contributed by atoms with Gasteiger partial charge in [0, 0.05) is 12.6 Å². The summed E-state index contributed by atoms with van der Waals surface area (Å²) in [7, 11) is -4.13. The van der Waals surface area contributed by atoms with Gasteiger partial charge in [-0.3, -0.25) is 9.59 Å². The summed E-state index contributed by atoms with van der Waals surface area (Å²) >= 11 is 0. The quantitative estimate of drug-likeness (QED) is 0.578. The van der Waals surface area contributed by atoms with Crippen LogP contribution in [0.2, 0.25) is 0 Å². The summed E-state index contributed by atoms with van der Waals surface area (Å²) in [5, 5.41) is 17.5. The van der Waals surface area contributed by atoms with Crippen LogP contribution in [0.5, 0.6) is 0 Å². The molecule has 0 spiro atoms. The number of hydrogen-bond acceptors (Lipinski definition) is 6. The fourth-order valence-corrected chi connectivity index (χ4v) is 2.55. The van der Waals surface area contributed by atoms with E-state index in [1.807, 2.05) is 4.72 Å². The van der Waals surface area contributed by atoms with Crippen LogP contribution in [0.3, 0.4) is 0 Å².